The lowest BCUT2D eigenvalue weighted by Gasteiger charge is -2.24. The summed E-state index contributed by atoms with van der Waals surface area (Å²) in [5.41, 5.74) is 5.26. The number of rotatable bonds is 8. The molecular weight excluding hydrogens is 500 g/mol. The first-order valence-corrected chi connectivity index (χ1v) is 13.0. The van der Waals surface area contributed by atoms with Crippen LogP contribution in [0.4, 0.5) is 0 Å². The molecule has 0 aliphatic carbocycles. The number of benzene rings is 3. The summed E-state index contributed by atoms with van der Waals surface area (Å²) in [6.07, 6.45) is 0. The van der Waals surface area contributed by atoms with Crippen LogP contribution in [0.1, 0.15) is 40.8 Å². The standard InChI is InChI=1S/C26H29BrN2O3S/c1-18-14-20(3)25(15-19(18)2)21(4)28-26(30)17-29(16-22-10-12-23(27)13-11-22)33(31,32)24-8-6-5-7-9-24/h5-15,21H,16-17H2,1-4H3,(H,28,30)/t21-/m1/s1. The monoisotopic (exact) mass is 528 g/mol. The van der Waals surface area contributed by atoms with Gasteiger partial charge in [0.2, 0.25) is 15.9 Å². The third-order valence-electron chi connectivity index (χ3n) is 5.70. The van der Waals surface area contributed by atoms with Crippen molar-refractivity contribution in [2.24, 2.45) is 0 Å². The summed E-state index contributed by atoms with van der Waals surface area (Å²) in [7, 11) is -3.86. The van der Waals surface area contributed by atoms with Gasteiger partial charge in [-0.15, -0.1) is 0 Å². The average molecular weight is 530 g/mol. The molecule has 1 N–H and O–H groups in total. The topological polar surface area (TPSA) is 66.5 Å². The van der Waals surface area contributed by atoms with Crippen molar-refractivity contribution in [3.05, 3.63) is 99.0 Å². The molecule has 0 aromatic heterocycles. The zero-order valence-electron chi connectivity index (χ0n) is 19.3. The van der Waals surface area contributed by atoms with Crippen LogP contribution in [0.2, 0.25) is 0 Å². The van der Waals surface area contributed by atoms with Gasteiger partial charge >= 0.3 is 0 Å². The molecule has 0 aliphatic heterocycles. The smallest absolute Gasteiger partial charge is 0.243 e. The fraction of sp³-hybridized carbons (Fsp3) is 0.269. The van der Waals surface area contributed by atoms with Gasteiger partial charge in [0, 0.05) is 11.0 Å². The first-order chi connectivity index (χ1) is 15.6. The lowest BCUT2D eigenvalue weighted by Crippen LogP contribution is -2.41. The van der Waals surface area contributed by atoms with Gasteiger partial charge in [0.15, 0.2) is 0 Å². The maximum Gasteiger partial charge on any atom is 0.243 e. The van der Waals surface area contributed by atoms with E-state index in [0.29, 0.717) is 0 Å². The maximum atomic E-state index is 13.4. The van der Waals surface area contributed by atoms with Gasteiger partial charge in [-0.3, -0.25) is 4.79 Å². The van der Waals surface area contributed by atoms with E-state index in [0.717, 1.165) is 26.7 Å². The van der Waals surface area contributed by atoms with Crippen LogP contribution in [0.5, 0.6) is 0 Å². The minimum Gasteiger partial charge on any atom is -0.348 e. The van der Waals surface area contributed by atoms with Crippen LogP contribution >= 0.6 is 15.9 Å². The highest BCUT2D eigenvalue weighted by Gasteiger charge is 2.27. The van der Waals surface area contributed by atoms with Gasteiger partial charge < -0.3 is 5.32 Å². The van der Waals surface area contributed by atoms with Gasteiger partial charge in [-0.05, 0) is 79.8 Å². The molecule has 0 saturated heterocycles. The van der Waals surface area contributed by atoms with E-state index in [1.54, 1.807) is 30.3 Å². The van der Waals surface area contributed by atoms with E-state index in [2.05, 4.69) is 40.3 Å². The summed E-state index contributed by atoms with van der Waals surface area (Å²) < 4.78 is 28.9. The summed E-state index contributed by atoms with van der Waals surface area (Å²) in [6.45, 7) is 7.85. The van der Waals surface area contributed by atoms with Crippen molar-refractivity contribution in [3.8, 4) is 0 Å². The first-order valence-electron chi connectivity index (χ1n) is 10.7. The molecule has 7 heteroatoms. The SMILES string of the molecule is Cc1cc(C)c([C@@H](C)NC(=O)CN(Cc2ccc(Br)cc2)S(=O)(=O)c2ccccc2)cc1C. The molecule has 0 bridgehead atoms. The minimum atomic E-state index is -3.86. The summed E-state index contributed by atoms with van der Waals surface area (Å²) in [5.74, 6) is -0.350. The Morgan fingerprint density at radius 1 is 0.939 bits per heavy atom. The molecule has 174 valence electrons. The summed E-state index contributed by atoms with van der Waals surface area (Å²) >= 11 is 3.40. The second kappa shape index (κ2) is 10.6. The maximum absolute atomic E-state index is 13.4. The van der Waals surface area contributed by atoms with Crippen LogP contribution in [-0.2, 0) is 21.4 Å². The van der Waals surface area contributed by atoms with Crippen molar-refractivity contribution in [1.29, 1.82) is 0 Å². The van der Waals surface area contributed by atoms with Crippen LogP contribution in [0.15, 0.2) is 76.1 Å². The van der Waals surface area contributed by atoms with E-state index in [4.69, 9.17) is 0 Å². The van der Waals surface area contributed by atoms with Crippen molar-refractivity contribution >= 4 is 31.9 Å². The number of sulfonamides is 1. The first kappa shape index (κ1) is 25.1. The van der Waals surface area contributed by atoms with E-state index in [-0.39, 0.29) is 29.9 Å². The summed E-state index contributed by atoms with van der Waals surface area (Å²) in [6, 6.07) is 19.5. The minimum absolute atomic E-state index is 0.0922. The second-order valence-electron chi connectivity index (χ2n) is 8.29. The van der Waals surface area contributed by atoms with E-state index in [9.17, 15) is 13.2 Å². The highest BCUT2D eigenvalue weighted by atomic mass is 79.9. The molecule has 5 nitrogen and oxygen atoms in total. The lowest BCUT2D eigenvalue weighted by atomic mass is 9.96. The van der Waals surface area contributed by atoms with E-state index in [1.165, 1.54) is 9.87 Å². The predicted octanol–water partition coefficient (Wildman–Crippen LogP) is 5.44. The average Bonchev–Trinajstić information content (AvgIpc) is 2.77. The molecule has 1 amide bonds. The van der Waals surface area contributed by atoms with Crippen molar-refractivity contribution in [2.45, 2.75) is 45.2 Å². The van der Waals surface area contributed by atoms with Gasteiger partial charge in [0.25, 0.3) is 0 Å². The van der Waals surface area contributed by atoms with Gasteiger partial charge in [-0.25, -0.2) is 8.42 Å². The Kier molecular flexibility index (Phi) is 8.10. The Balaban J connectivity index is 1.84. The number of hydrogen-bond acceptors (Lipinski definition) is 3. The number of nitrogens with zero attached hydrogens (tertiary/aromatic N) is 1. The predicted molar refractivity (Wildman–Crippen MR) is 135 cm³/mol. The Hall–Kier alpha value is -2.48. The van der Waals surface area contributed by atoms with Crippen LogP contribution in [0.25, 0.3) is 0 Å². The number of nitrogens with one attached hydrogen (secondary N) is 1. The molecule has 3 aromatic rings. The fourth-order valence-corrected chi connectivity index (χ4v) is 5.41. The van der Waals surface area contributed by atoms with Crippen LogP contribution in [0, 0.1) is 20.8 Å². The number of carbonyl (C=O) groups is 1. The number of aryl methyl sites for hydroxylation is 3. The van der Waals surface area contributed by atoms with Crippen LogP contribution in [-0.4, -0.2) is 25.2 Å². The largest absolute Gasteiger partial charge is 0.348 e. The van der Waals surface area contributed by atoms with E-state index < -0.39 is 10.0 Å². The Morgan fingerprint density at radius 2 is 1.55 bits per heavy atom. The Bertz CT molecular complexity index is 1230. The molecule has 0 unspecified atom stereocenters. The number of hydrogen-bond donors (Lipinski definition) is 1. The van der Waals surface area contributed by atoms with Crippen molar-refractivity contribution in [3.63, 3.8) is 0 Å². The third-order valence-corrected chi connectivity index (χ3v) is 8.03. The Labute approximate surface area is 205 Å². The third kappa shape index (κ3) is 6.31. The van der Waals surface area contributed by atoms with E-state index >= 15 is 0 Å². The molecule has 3 rings (SSSR count). The van der Waals surface area contributed by atoms with Gasteiger partial charge in [-0.2, -0.15) is 4.31 Å². The lowest BCUT2D eigenvalue weighted by molar-refractivity contribution is -0.122. The molecule has 1 atom stereocenters. The molecule has 0 radical (unpaired) electrons. The molecule has 0 fully saturated rings. The van der Waals surface area contributed by atoms with Crippen LogP contribution in [0.3, 0.4) is 0 Å². The normalized spacial score (nSPS) is 12.5. The van der Waals surface area contributed by atoms with Gasteiger partial charge in [-0.1, -0.05) is 58.4 Å². The van der Waals surface area contributed by atoms with Crippen molar-refractivity contribution in [1.82, 2.24) is 9.62 Å². The summed E-state index contributed by atoms with van der Waals surface area (Å²) in [5, 5.41) is 2.98. The molecule has 33 heavy (non-hydrogen) atoms. The number of amides is 1. The molecule has 3 aromatic carbocycles. The summed E-state index contributed by atoms with van der Waals surface area (Å²) in [4.78, 5) is 13.2. The molecular formula is C26H29BrN2O3S. The zero-order chi connectivity index (χ0) is 24.2. The quantitative estimate of drug-likeness (QED) is 0.423. The van der Waals surface area contributed by atoms with Gasteiger partial charge in [0.1, 0.15) is 0 Å². The number of carbonyl (C=O) groups excluding carboxylic acids is 1. The molecule has 0 aliphatic rings. The molecule has 0 saturated carbocycles. The highest BCUT2D eigenvalue weighted by molar-refractivity contribution is 9.10. The molecule has 0 heterocycles. The number of halogens is 1. The van der Waals surface area contributed by atoms with Crippen LogP contribution < -0.4 is 5.32 Å². The zero-order valence-corrected chi connectivity index (χ0v) is 21.7. The van der Waals surface area contributed by atoms with Crippen molar-refractivity contribution < 1.29 is 13.2 Å². The highest BCUT2D eigenvalue weighted by Crippen LogP contribution is 2.23. The Morgan fingerprint density at radius 3 is 2.18 bits per heavy atom. The fourth-order valence-electron chi connectivity index (χ4n) is 3.74. The van der Waals surface area contributed by atoms with E-state index in [1.807, 2.05) is 45.0 Å². The van der Waals surface area contributed by atoms with Gasteiger partial charge in [0.05, 0.1) is 17.5 Å². The molecule has 0 spiro atoms. The van der Waals surface area contributed by atoms with Crippen molar-refractivity contribution in [2.75, 3.05) is 6.54 Å². The second-order valence-corrected chi connectivity index (χ2v) is 11.1.